The van der Waals surface area contributed by atoms with Crippen molar-refractivity contribution in [3.8, 4) is 0 Å². The number of amides is 1. The van der Waals surface area contributed by atoms with Gasteiger partial charge >= 0.3 is 0 Å². The summed E-state index contributed by atoms with van der Waals surface area (Å²) in [6.07, 6.45) is 1.10. The minimum atomic E-state index is -0.240. The summed E-state index contributed by atoms with van der Waals surface area (Å²) < 4.78 is 12.6. The summed E-state index contributed by atoms with van der Waals surface area (Å²) in [7, 11) is 1.75. The first kappa shape index (κ1) is 15.9. The van der Waals surface area contributed by atoms with Gasteiger partial charge in [-0.05, 0) is 24.1 Å². The number of carbonyl (C=O) groups excluding carboxylic acids is 1. The summed E-state index contributed by atoms with van der Waals surface area (Å²) in [6, 6.07) is 6.32. The number of nitrogens with zero attached hydrogens (tertiary/aromatic N) is 1. The second-order valence-corrected chi connectivity index (χ2v) is 3.73. The van der Waals surface area contributed by atoms with Crippen LogP contribution in [0.3, 0.4) is 0 Å². The summed E-state index contributed by atoms with van der Waals surface area (Å²) >= 11 is 0. The Labute approximate surface area is 107 Å². The van der Waals surface area contributed by atoms with E-state index in [2.05, 4.69) is 0 Å². The van der Waals surface area contributed by atoms with Crippen molar-refractivity contribution in [1.29, 1.82) is 0 Å². The lowest BCUT2D eigenvalue weighted by molar-refractivity contribution is -0.129. The van der Waals surface area contributed by atoms with Crippen LogP contribution in [0.1, 0.15) is 12.0 Å². The second kappa shape index (κ2) is 8.03. The van der Waals surface area contributed by atoms with E-state index < -0.39 is 0 Å². The second-order valence-electron chi connectivity index (χ2n) is 3.73. The normalized spacial score (nSPS) is 9.59. The van der Waals surface area contributed by atoms with Gasteiger partial charge in [-0.2, -0.15) is 0 Å². The van der Waals surface area contributed by atoms with Gasteiger partial charge in [-0.15, -0.1) is 12.4 Å². The Hall–Kier alpha value is -1.13. The largest absolute Gasteiger partial charge is 0.345 e. The zero-order chi connectivity index (χ0) is 12.0. The van der Waals surface area contributed by atoms with Crippen molar-refractivity contribution in [3.63, 3.8) is 0 Å². The van der Waals surface area contributed by atoms with Gasteiger partial charge in [-0.3, -0.25) is 4.79 Å². The van der Waals surface area contributed by atoms with E-state index in [1.54, 1.807) is 24.1 Å². The first-order chi connectivity index (χ1) is 7.63. The highest BCUT2D eigenvalue weighted by Gasteiger charge is 2.06. The van der Waals surface area contributed by atoms with Crippen LogP contribution in [0.2, 0.25) is 0 Å². The van der Waals surface area contributed by atoms with Crippen LogP contribution >= 0.6 is 12.4 Å². The summed E-state index contributed by atoms with van der Waals surface area (Å²) in [5, 5.41) is 0. The standard InChI is InChI=1S/C12H17FN2O.ClH/c1-15(12(16)6-8-14)9-7-10-2-4-11(13)5-3-10;/h2-5H,6-9,14H2,1H3;1H. The van der Waals surface area contributed by atoms with E-state index >= 15 is 0 Å². The first-order valence-electron chi connectivity index (χ1n) is 5.32. The molecule has 2 N–H and O–H groups in total. The summed E-state index contributed by atoms with van der Waals surface area (Å²) in [5.41, 5.74) is 6.32. The number of hydrogen-bond acceptors (Lipinski definition) is 2. The maximum atomic E-state index is 12.6. The van der Waals surface area contributed by atoms with Gasteiger partial charge in [-0.1, -0.05) is 12.1 Å². The van der Waals surface area contributed by atoms with Gasteiger partial charge in [0, 0.05) is 26.6 Å². The number of likely N-dealkylation sites (N-methyl/N-ethyl adjacent to an activating group) is 1. The zero-order valence-electron chi connectivity index (χ0n) is 9.86. The van der Waals surface area contributed by atoms with Crippen molar-refractivity contribution < 1.29 is 9.18 Å². The fraction of sp³-hybridized carbons (Fsp3) is 0.417. The van der Waals surface area contributed by atoms with Gasteiger partial charge in [0.25, 0.3) is 0 Å². The Morgan fingerprint density at radius 1 is 1.35 bits per heavy atom. The molecule has 0 heterocycles. The van der Waals surface area contributed by atoms with Gasteiger partial charge in [0.05, 0.1) is 0 Å². The van der Waals surface area contributed by atoms with E-state index in [1.165, 1.54) is 12.1 Å². The predicted octanol–water partition coefficient (Wildman–Crippen LogP) is 1.60. The monoisotopic (exact) mass is 260 g/mol. The Kier molecular flexibility index (Phi) is 7.50. The molecular formula is C12H18ClFN2O. The zero-order valence-corrected chi connectivity index (χ0v) is 10.7. The maximum absolute atomic E-state index is 12.6. The lowest BCUT2D eigenvalue weighted by Crippen LogP contribution is -2.30. The molecular weight excluding hydrogens is 243 g/mol. The molecule has 0 unspecified atom stereocenters. The molecule has 5 heteroatoms. The van der Waals surface area contributed by atoms with E-state index in [-0.39, 0.29) is 24.1 Å². The highest BCUT2D eigenvalue weighted by molar-refractivity contribution is 5.85. The molecule has 0 aliphatic rings. The third kappa shape index (κ3) is 5.65. The van der Waals surface area contributed by atoms with Crippen LogP contribution in [0.15, 0.2) is 24.3 Å². The van der Waals surface area contributed by atoms with Crippen LogP contribution in [0, 0.1) is 5.82 Å². The third-order valence-electron chi connectivity index (χ3n) is 2.43. The quantitative estimate of drug-likeness (QED) is 0.874. The molecule has 0 aliphatic carbocycles. The van der Waals surface area contributed by atoms with E-state index in [0.717, 1.165) is 12.0 Å². The molecule has 1 rings (SSSR count). The smallest absolute Gasteiger partial charge is 0.223 e. The highest BCUT2D eigenvalue weighted by Crippen LogP contribution is 2.04. The molecule has 1 aromatic rings. The van der Waals surface area contributed by atoms with Crippen LogP contribution in [0.5, 0.6) is 0 Å². The molecule has 17 heavy (non-hydrogen) atoms. The first-order valence-corrected chi connectivity index (χ1v) is 5.32. The van der Waals surface area contributed by atoms with Crippen molar-refractivity contribution >= 4 is 18.3 Å². The van der Waals surface area contributed by atoms with Crippen molar-refractivity contribution in [2.75, 3.05) is 20.1 Å². The number of nitrogens with two attached hydrogens (primary N) is 1. The number of hydrogen-bond donors (Lipinski definition) is 1. The molecule has 1 amide bonds. The minimum Gasteiger partial charge on any atom is -0.345 e. The lowest BCUT2D eigenvalue weighted by atomic mass is 10.1. The Balaban J connectivity index is 0.00000256. The summed E-state index contributed by atoms with van der Waals surface area (Å²) in [6.45, 7) is 1.00. The molecule has 0 bridgehead atoms. The summed E-state index contributed by atoms with van der Waals surface area (Å²) in [5.74, 6) is -0.194. The Bertz CT molecular complexity index is 343. The number of benzene rings is 1. The average Bonchev–Trinajstić information content (AvgIpc) is 2.28. The predicted molar refractivity (Wildman–Crippen MR) is 68.7 cm³/mol. The summed E-state index contributed by atoms with van der Waals surface area (Å²) in [4.78, 5) is 13.1. The molecule has 1 aromatic carbocycles. The molecule has 0 saturated heterocycles. The van der Waals surface area contributed by atoms with Crippen LogP contribution in [0.4, 0.5) is 4.39 Å². The molecule has 0 atom stereocenters. The number of carbonyl (C=O) groups is 1. The van der Waals surface area contributed by atoms with E-state index in [0.29, 0.717) is 19.5 Å². The van der Waals surface area contributed by atoms with Gasteiger partial charge in [0.2, 0.25) is 5.91 Å². The Morgan fingerprint density at radius 2 is 1.94 bits per heavy atom. The highest BCUT2D eigenvalue weighted by atomic mass is 35.5. The van der Waals surface area contributed by atoms with Crippen molar-refractivity contribution in [3.05, 3.63) is 35.6 Å². The van der Waals surface area contributed by atoms with Gasteiger partial charge in [0.1, 0.15) is 5.82 Å². The molecule has 0 saturated carbocycles. The fourth-order valence-electron chi connectivity index (χ4n) is 1.39. The molecule has 3 nitrogen and oxygen atoms in total. The van der Waals surface area contributed by atoms with Crippen LogP contribution < -0.4 is 5.73 Å². The van der Waals surface area contributed by atoms with E-state index in [4.69, 9.17) is 5.73 Å². The Morgan fingerprint density at radius 3 is 2.47 bits per heavy atom. The fourth-order valence-corrected chi connectivity index (χ4v) is 1.39. The van der Waals surface area contributed by atoms with Crippen LogP contribution in [-0.2, 0) is 11.2 Å². The van der Waals surface area contributed by atoms with E-state index in [1.807, 2.05) is 0 Å². The SMILES string of the molecule is CN(CCc1ccc(F)cc1)C(=O)CCN.Cl. The van der Waals surface area contributed by atoms with Crippen LogP contribution in [0.25, 0.3) is 0 Å². The van der Waals surface area contributed by atoms with Crippen molar-refractivity contribution in [2.24, 2.45) is 5.73 Å². The number of rotatable bonds is 5. The molecule has 0 spiro atoms. The van der Waals surface area contributed by atoms with Crippen molar-refractivity contribution in [2.45, 2.75) is 12.8 Å². The molecule has 0 aliphatic heterocycles. The van der Waals surface area contributed by atoms with E-state index in [9.17, 15) is 9.18 Å². The average molecular weight is 261 g/mol. The van der Waals surface area contributed by atoms with Gasteiger partial charge in [0.15, 0.2) is 0 Å². The molecule has 96 valence electrons. The minimum absolute atomic E-state index is 0. The molecule has 0 radical (unpaired) electrons. The van der Waals surface area contributed by atoms with Gasteiger partial charge in [-0.25, -0.2) is 4.39 Å². The van der Waals surface area contributed by atoms with Crippen LogP contribution in [-0.4, -0.2) is 30.9 Å². The number of halogens is 2. The van der Waals surface area contributed by atoms with Crippen molar-refractivity contribution in [1.82, 2.24) is 4.90 Å². The third-order valence-corrected chi connectivity index (χ3v) is 2.43. The molecule has 0 aromatic heterocycles. The topological polar surface area (TPSA) is 46.3 Å². The lowest BCUT2D eigenvalue weighted by Gasteiger charge is -2.16. The maximum Gasteiger partial charge on any atom is 0.223 e. The molecule has 0 fully saturated rings. The van der Waals surface area contributed by atoms with Gasteiger partial charge < -0.3 is 10.6 Å².